The fourth-order valence-corrected chi connectivity index (χ4v) is 2.78. The predicted octanol–water partition coefficient (Wildman–Crippen LogP) is 2.96. The van der Waals surface area contributed by atoms with Crippen LogP contribution in [0.15, 0.2) is 12.7 Å². The Morgan fingerprint density at radius 1 is 1.62 bits per heavy atom. The standard InChI is InChI=1S/C13H21NO2/c1-5-7-13-9-10(13)6-8-14(13)11(15)16-12(2,3)4/h5,10H,1,6-9H2,2-4H3/t10-,13+/m1/s1. The van der Waals surface area contributed by atoms with Crippen LogP contribution in [0.2, 0.25) is 0 Å². The topological polar surface area (TPSA) is 29.5 Å². The van der Waals surface area contributed by atoms with Gasteiger partial charge in [0.15, 0.2) is 0 Å². The Balaban J connectivity index is 2.04. The van der Waals surface area contributed by atoms with Crippen LogP contribution >= 0.6 is 0 Å². The van der Waals surface area contributed by atoms with Crippen LogP contribution in [-0.4, -0.2) is 28.7 Å². The summed E-state index contributed by atoms with van der Waals surface area (Å²) in [6.07, 6.45) is 4.90. The first kappa shape index (κ1) is 11.5. The van der Waals surface area contributed by atoms with Gasteiger partial charge in [-0.25, -0.2) is 4.79 Å². The summed E-state index contributed by atoms with van der Waals surface area (Å²) in [6, 6.07) is 0. The van der Waals surface area contributed by atoms with E-state index in [1.807, 2.05) is 31.7 Å². The van der Waals surface area contributed by atoms with Crippen molar-refractivity contribution in [2.45, 2.75) is 51.2 Å². The minimum atomic E-state index is -0.403. The molecule has 1 amide bonds. The lowest BCUT2D eigenvalue weighted by atomic mass is 10.1. The molecule has 16 heavy (non-hydrogen) atoms. The molecule has 2 atom stereocenters. The minimum absolute atomic E-state index is 0.0596. The maximum Gasteiger partial charge on any atom is 0.410 e. The molecule has 0 aromatic heterocycles. The van der Waals surface area contributed by atoms with E-state index in [9.17, 15) is 4.79 Å². The zero-order chi connectivity index (χ0) is 12.0. The van der Waals surface area contributed by atoms with Gasteiger partial charge in [-0.15, -0.1) is 6.58 Å². The summed E-state index contributed by atoms with van der Waals surface area (Å²) >= 11 is 0. The van der Waals surface area contributed by atoms with Gasteiger partial charge < -0.3 is 9.64 Å². The molecular weight excluding hydrogens is 202 g/mol. The van der Waals surface area contributed by atoms with E-state index in [1.165, 1.54) is 0 Å². The lowest BCUT2D eigenvalue weighted by molar-refractivity contribution is 0.0177. The summed E-state index contributed by atoms with van der Waals surface area (Å²) in [6.45, 7) is 10.4. The van der Waals surface area contributed by atoms with Gasteiger partial charge in [-0.2, -0.15) is 0 Å². The Kier molecular flexibility index (Phi) is 2.52. The molecule has 0 spiro atoms. The third-order valence-corrected chi connectivity index (χ3v) is 3.55. The predicted molar refractivity (Wildman–Crippen MR) is 63.2 cm³/mol. The van der Waals surface area contributed by atoms with Crippen LogP contribution in [-0.2, 0) is 4.74 Å². The maximum atomic E-state index is 12.0. The molecule has 0 N–H and O–H groups in total. The van der Waals surface area contributed by atoms with Crippen molar-refractivity contribution in [3.05, 3.63) is 12.7 Å². The van der Waals surface area contributed by atoms with Crippen LogP contribution in [0.4, 0.5) is 4.79 Å². The van der Waals surface area contributed by atoms with Crippen LogP contribution in [0.1, 0.15) is 40.0 Å². The number of nitrogens with zero attached hydrogens (tertiary/aromatic N) is 1. The average molecular weight is 223 g/mol. The van der Waals surface area contributed by atoms with Crippen molar-refractivity contribution in [3.8, 4) is 0 Å². The van der Waals surface area contributed by atoms with Gasteiger partial charge in [0.1, 0.15) is 5.60 Å². The largest absolute Gasteiger partial charge is 0.444 e. The van der Waals surface area contributed by atoms with Crippen molar-refractivity contribution >= 4 is 6.09 Å². The first-order chi connectivity index (χ1) is 7.39. The van der Waals surface area contributed by atoms with E-state index in [0.29, 0.717) is 5.92 Å². The molecule has 1 saturated heterocycles. The number of ether oxygens (including phenoxy) is 1. The zero-order valence-corrected chi connectivity index (χ0v) is 10.5. The summed E-state index contributed by atoms with van der Waals surface area (Å²) in [5, 5.41) is 0. The number of likely N-dealkylation sites (tertiary alicyclic amines) is 1. The summed E-state index contributed by atoms with van der Waals surface area (Å²) in [5.74, 6) is 0.679. The first-order valence-corrected chi connectivity index (χ1v) is 6.00. The number of carbonyl (C=O) groups is 1. The molecule has 0 aromatic carbocycles. The Morgan fingerprint density at radius 3 is 2.81 bits per heavy atom. The minimum Gasteiger partial charge on any atom is -0.444 e. The molecule has 90 valence electrons. The van der Waals surface area contributed by atoms with Gasteiger partial charge in [0.05, 0.1) is 5.54 Å². The molecule has 1 aliphatic heterocycles. The van der Waals surface area contributed by atoms with Gasteiger partial charge in [0.2, 0.25) is 0 Å². The highest BCUT2D eigenvalue weighted by molar-refractivity contribution is 5.71. The van der Waals surface area contributed by atoms with Gasteiger partial charge in [-0.3, -0.25) is 0 Å². The average Bonchev–Trinajstić information content (AvgIpc) is 2.69. The second-order valence-corrected chi connectivity index (χ2v) is 5.92. The second kappa shape index (κ2) is 3.51. The lowest BCUT2D eigenvalue weighted by Crippen LogP contribution is -2.43. The zero-order valence-electron chi connectivity index (χ0n) is 10.5. The molecule has 2 fully saturated rings. The summed E-state index contributed by atoms with van der Waals surface area (Å²) < 4.78 is 5.44. The van der Waals surface area contributed by atoms with Crippen LogP contribution in [0, 0.1) is 5.92 Å². The Morgan fingerprint density at radius 2 is 2.31 bits per heavy atom. The van der Waals surface area contributed by atoms with Crippen LogP contribution < -0.4 is 0 Å². The van der Waals surface area contributed by atoms with E-state index in [0.717, 1.165) is 25.8 Å². The molecule has 3 nitrogen and oxygen atoms in total. The molecule has 0 bridgehead atoms. The maximum absolute atomic E-state index is 12.0. The fourth-order valence-electron chi connectivity index (χ4n) is 2.78. The van der Waals surface area contributed by atoms with Crippen molar-refractivity contribution in [1.29, 1.82) is 0 Å². The van der Waals surface area contributed by atoms with Crippen molar-refractivity contribution in [1.82, 2.24) is 4.90 Å². The number of hydrogen-bond acceptors (Lipinski definition) is 2. The highest BCUT2D eigenvalue weighted by Gasteiger charge is 2.63. The molecule has 3 heteroatoms. The SMILES string of the molecule is C=CC[C@]12C[C@H]1CCN2C(=O)OC(C)(C)C. The molecule has 1 aliphatic carbocycles. The lowest BCUT2D eigenvalue weighted by Gasteiger charge is -2.30. The molecule has 2 rings (SSSR count). The monoisotopic (exact) mass is 223 g/mol. The fraction of sp³-hybridized carbons (Fsp3) is 0.769. The summed E-state index contributed by atoms with van der Waals surface area (Å²) in [5.41, 5.74) is -0.344. The highest BCUT2D eigenvalue weighted by Crippen LogP contribution is 2.58. The molecule has 0 aromatic rings. The smallest absolute Gasteiger partial charge is 0.410 e. The third-order valence-electron chi connectivity index (χ3n) is 3.55. The number of piperidine rings is 1. The molecule has 0 radical (unpaired) electrons. The van der Waals surface area contributed by atoms with E-state index < -0.39 is 5.60 Å². The first-order valence-electron chi connectivity index (χ1n) is 6.00. The van der Waals surface area contributed by atoms with Gasteiger partial charge in [-0.05, 0) is 46.0 Å². The van der Waals surface area contributed by atoms with E-state index in [2.05, 4.69) is 6.58 Å². The van der Waals surface area contributed by atoms with Crippen molar-refractivity contribution in [2.75, 3.05) is 6.54 Å². The highest BCUT2D eigenvalue weighted by atomic mass is 16.6. The number of hydrogen-bond donors (Lipinski definition) is 0. The van der Waals surface area contributed by atoms with Crippen LogP contribution in [0.3, 0.4) is 0 Å². The van der Waals surface area contributed by atoms with Crippen LogP contribution in [0.25, 0.3) is 0 Å². The van der Waals surface area contributed by atoms with Crippen molar-refractivity contribution < 1.29 is 9.53 Å². The Bertz CT molecular complexity index is 318. The number of fused-ring (bicyclic) bond motifs is 1. The van der Waals surface area contributed by atoms with Crippen LogP contribution in [0.5, 0.6) is 0 Å². The van der Waals surface area contributed by atoms with E-state index in [4.69, 9.17) is 4.74 Å². The molecule has 1 heterocycles. The number of carbonyl (C=O) groups excluding carboxylic acids is 1. The van der Waals surface area contributed by atoms with E-state index in [1.54, 1.807) is 0 Å². The van der Waals surface area contributed by atoms with E-state index in [-0.39, 0.29) is 11.6 Å². The van der Waals surface area contributed by atoms with E-state index >= 15 is 0 Å². The van der Waals surface area contributed by atoms with Crippen molar-refractivity contribution in [2.24, 2.45) is 5.92 Å². The molecule has 2 aliphatic rings. The van der Waals surface area contributed by atoms with Gasteiger partial charge in [0, 0.05) is 6.54 Å². The number of amides is 1. The third kappa shape index (κ3) is 1.83. The second-order valence-electron chi connectivity index (χ2n) is 5.92. The van der Waals surface area contributed by atoms with Gasteiger partial charge in [0.25, 0.3) is 0 Å². The Hall–Kier alpha value is -0.990. The molecule has 0 unspecified atom stereocenters. The molecule has 1 saturated carbocycles. The van der Waals surface area contributed by atoms with Crippen molar-refractivity contribution in [3.63, 3.8) is 0 Å². The molecular formula is C13H21NO2. The Labute approximate surface area is 97.5 Å². The summed E-state index contributed by atoms with van der Waals surface area (Å²) in [4.78, 5) is 14.0. The quantitative estimate of drug-likeness (QED) is 0.674. The normalized spacial score (nSPS) is 32.2. The van der Waals surface area contributed by atoms with Gasteiger partial charge >= 0.3 is 6.09 Å². The summed E-state index contributed by atoms with van der Waals surface area (Å²) in [7, 11) is 0. The van der Waals surface area contributed by atoms with Gasteiger partial charge in [-0.1, -0.05) is 6.08 Å². The number of rotatable bonds is 2.